The van der Waals surface area contributed by atoms with Crippen LogP contribution in [-0.4, -0.2) is 31.8 Å². The molecule has 2 N–H and O–H groups in total. The van der Waals surface area contributed by atoms with Crippen molar-refractivity contribution >= 4 is 5.97 Å². The number of fused-ring (bicyclic) bond motifs is 1. The summed E-state index contributed by atoms with van der Waals surface area (Å²) in [7, 11) is 0. The van der Waals surface area contributed by atoms with Crippen LogP contribution in [0.25, 0.3) is 0 Å². The highest BCUT2D eigenvalue weighted by molar-refractivity contribution is 5.87. The van der Waals surface area contributed by atoms with Crippen LogP contribution in [0, 0.1) is 0 Å². The first-order valence-corrected chi connectivity index (χ1v) is 5.51. The average molecular weight is 224 g/mol. The molecule has 0 saturated carbocycles. The van der Waals surface area contributed by atoms with Crippen LogP contribution in [0.4, 0.5) is 0 Å². The molecule has 0 amide bonds. The average Bonchev–Trinajstić information content (AvgIpc) is 2.56. The first-order valence-electron chi connectivity index (χ1n) is 5.51. The maximum atomic E-state index is 11.1. The Morgan fingerprint density at radius 1 is 1.56 bits per heavy atom. The summed E-state index contributed by atoms with van der Waals surface area (Å²) in [5.41, 5.74) is 0.900. The summed E-state index contributed by atoms with van der Waals surface area (Å²) >= 11 is 0. The number of rotatable bonds is 2. The van der Waals surface area contributed by atoms with E-state index < -0.39 is 5.97 Å². The zero-order chi connectivity index (χ0) is 11.9. The van der Waals surface area contributed by atoms with Crippen LogP contribution < -0.4 is 0 Å². The number of aliphatic hydroxyl groups is 1. The lowest BCUT2D eigenvalue weighted by molar-refractivity contribution is 0.0686. The molecule has 0 bridgehead atoms. The quantitative estimate of drug-likeness (QED) is 0.786. The van der Waals surface area contributed by atoms with Gasteiger partial charge in [0.25, 0.3) is 0 Å². The Hall–Kier alpha value is -1.36. The molecular formula is C11H16N2O3. The van der Waals surface area contributed by atoms with Gasteiger partial charge in [-0.15, -0.1) is 0 Å². The van der Waals surface area contributed by atoms with Gasteiger partial charge in [-0.1, -0.05) is 13.8 Å². The summed E-state index contributed by atoms with van der Waals surface area (Å²) in [6.07, 6.45) is 0.812. The first-order chi connectivity index (χ1) is 7.50. The molecule has 5 heteroatoms. The highest BCUT2D eigenvalue weighted by Gasteiger charge is 2.27. The van der Waals surface area contributed by atoms with E-state index in [0.29, 0.717) is 19.4 Å². The summed E-state index contributed by atoms with van der Waals surface area (Å²) < 4.78 is 1.86. The van der Waals surface area contributed by atoms with E-state index >= 15 is 0 Å². The predicted octanol–water partition coefficient (Wildman–Crippen LogP) is 1.01. The molecular weight excluding hydrogens is 208 g/mol. The Morgan fingerprint density at radius 2 is 2.25 bits per heavy atom. The van der Waals surface area contributed by atoms with E-state index in [-0.39, 0.29) is 17.7 Å². The number of aromatic nitrogens is 2. The van der Waals surface area contributed by atoms with E-state index in [4.69, 9.17) is 5.11 Å². The SMILES string of the molecule is CC(C)c1nc(C(=O)O)c2n1CC(O)CC2. The van der Waals surface area contributed by atoms with Crippen molar-refractivity contribution in [2.75, 3.05) is 0 Å². The number of carbonyl (C=O) groups is 1. The molecule has 0 spiro atoms. The lowest BCUT2D eigenvalue weighted by Gasteiger charge is -2.22. The van der Waals surface area contributed by atoms with Gasteiger partial charge >= 0.3 is 5.97 Å². The van der Waals surface area contributed by atoms with Crippen LogP contribution in [0.2, 0.25) is 0 Å². The molecule has 5 nitrogen and oxygen atoms in total. The second kappa shape index (κ2) is 3.90. The molecule has 0 aliphatic carbocycles. The summed E-state index contributed by atoms with van der Waals surface area (Å²) in [5.74, 6) is -0.0599. The topological polar surface area (TPSA) is 75.3 Å². The van der Waals surface area contributed by atoms with Crippen LogP contribution >= 0.6 is 0 Å². The van der Waals surface area contributed by atoms with Crippen molar-refractivity contribution in [2.45, 2.75) is 45.3 Å². The van der Waals surface area contributed by atoms with Gasteiger partial charge in [0.05, 0.1) is 18.3 Å². The Bertz CT molecular complexity index is 423. The van der Waals surface area contributed by atoms with E-state index in [0.717, 1.165) is 11.5 Å². The molecule has 0 aromatic carbocycles. The molecule has 1 aromatic heterocycles. The zero-order valence-electron chi connectivity index (χ0n) is 9.47. The number of nitrogens with zero attached hydrogens (tertiary/aromatic N) is 2. The van der Waals surface area contributed by atoms with Gasteiger partial charge < -0.3 is 14.8 Å². The van der Waals surface area contributed by atoms with Crippen molar-refractivity contribution in [1.82, 2.24) is 9.55 Å². The first kappa shape index (κ1) is 11.1. The predicted molar refractivity (Wildman–Crippen MR) is 57.6 cm³/mol. The van der Waals surface area contributed by atoms with Gasteiger partial charge in [-0.2, -0.15) is 0 Å². The third-order valence-corrected chi connectivity index (χ3v) is 2.93. The largest absolute Gasteiger partial charge is 0.476 e. The molecule has 88 valence electrons. The Morgan fingerprint density at radius 3 is 2.81 bits per heavy atom. The van der Waals surface area contributed by atoms with Gasteiger partial charge in [-0.3, -0.25) is 0 Å². The van der Waals surface area contributed by atoms with Gasteiger partial charge in [0.1, 0.15) is 5.82 Å². The molecule has 0 fully saturated rings. The molecule has 1 aromatic rings. The van der Waals surface area contributed by atoms with Crippen LogP contribution in [0.1, 0.15) is 48.2 Å². The van der Waals surface area contributed by atoms with Crippen LogP contribution in [0.15, 0.2) is 0 Å². The second-order valence-corrected chi connectivity index (χ2v) is 4.53. The van der Waals surface area contributed by atoms with Crippen LogP contribution in [-0.2, 0) is 13.0 Å². The molecule has 2 rings (SSSR count). The van der Waals surface area contributed by atoms with Crippen LogP contribution in [0.5, 0.6) is 0 Å². The smallest absolute Gasteiger partial charge is 0.356 e. The van der Waals surface area contributed by atoms with Crippen molar-refractivity contribution in [3.63, 3.8) is 0 Å². The monoisotopic (exact) mass is 224 g/mol. The van der Waals surface area contributed by atoms with Crippen molar-refractivity contribution in [3.8, 4) is 0 Å². The standard InChI is InChI=1S/C11H16N2O3/c1-6(2)10-12-9(11(15)16)8-4-3-7(14)5-13(8)10/h6-7,14H,3-5H2,1-2H3,(H,15,16). The number of imidazole rings is 1. The Labute approximate surface area is 93.7 Å². The van der Waals surface area contributed by atoms with E-state index in [9.17, 15) is 9.90 Å². The van der Waals surface area contributed by atoms with E-state index in [1.807, 2.05) is 18.4 Å². The van der Waals surface area contributed by atoms with E-state index in [1.54, 1.807) is 0 Å². The summed E-state index contributed by atoms with van der Waals surface area (Å²) in [6.45, 7) is 4.41. The molecule has 1 aliphatic rings. The van der Waals surface area contributed by atoms with Crippen molar-refractivity contribution < 1.29 is 15.0 Å². The minimum absolute atomic E-state index is 0.149. The lowest BCUT2D eigenvalue weighted by Crippen LogP contribution is -2.26. The maximum absolute atomic E-state index is 11.1. The van der Waals surface area contributed by atoms with E-state index in [1.165, 1.54) is 0 Å². The van der Waals surface area contributed by atoms with Gasteiger partial charge in [-0.25, -0.2) is 9.78 Å². The van der Waals surface area contributed by atoms with Crippen molar-refractivity contribution in [2.24, 2.45) is 0 Å². The summed E-state index contributed by atoms with van der Waals surface area (Å²) in [5, 5.41) is 18.7. The van der Waals surface area contributed by atoms with Crippen LogP contribution in [0.3, 0.4) is 0 Å². The molecule has 1 aliphatic heterocycles. The molecule has 0 radical (unpaired) electrons. The summed E-state index contributed by atoms with van der Waals surface area (Å²) in [4.78, 5) is 15.2. The van der Waals surface area contributed by atoms with Gasteiger partial charge in [0.2, 0.25) is 0 Å². The van der Waals surface area contributed by atoms with Gasteiger partial charge in [0, 0.05) is 5.92 Å². The number of carboxylic acid groups (broad SMARTS) is 1. The number of hydrogen-bond donors (Lipinski definition) is 2. The van der Waals surface area contributed by atoms with E-state index in [2.05, 4.69) is 4.98 Å². The minimum Gasteiger partial charge on any atom is -0.476 e. The molecule has 0 saturated heterocycles. The minimum atomic E-state index is -0.980. The lowest BCUT2D eigenvalue weighted by atomic mass is 10.1. The Kier molecular flexibility index (Phi) is 2.71. The third kappa shape index (κ3) is 1.71. The molecule has 1 atom stereocenters. The van der Waals surface area contributed by atoms with Gasteiger partial charge in [0.15, 0.2) is 5.69 Å². The highest BCUT2D eigenvalue weighted by atomic mass is 16.4. The van der Waals surface area contributed by atoms with Crippen molar-refractivity contribution in [3.05, 3.63) is 17.2 Å². The fourth-order valence-corrected chi connectivity index (χ4v) is 2.18. The van der Waals surface area contributed by atoms with Crippen molar-refractivity contribution in [1.29, 1.82) is 0 Å². The van der Waals surface area contributed by atoms with Gasteiger partial charge in [-0.05, 0) is 12.8 Å². The maximum Gasteiger partial charge on any atom is 0.356 e. The normalized spacial score (nSPS) is 19.9. The number of aromatic carboxylic acids is 1. The second-order valence-electron chi connectivity index (χ2n) is 4.53. The third-order valence-electron chi connectivity index (χ3n) is 2.93. The molecule has 16 heavy (non-hydrogen) atoms. The molecule has 1 unspecified atom stereocenters. The number of carboxylic acids is 1. The Balaban J connectivity index is 2.53. The zero-order valence-corrected chi connectivity index (χ0v) is 9.47. The molecule has 2 heterocycles. The number of hydrogen-bond acceptors (Lipinski definition) is 3. The highest BCUT2D eigenvalue weighted by Crippen LogP contribution is 2.25. The summed E-state index contributed by atoms with van der Waals surface area (Å²) in [6, 6.07) is 0. The fraction of sp³-hybridized carbons (Fsp3) is 0.636. The number of aliphatic hydroxyl groups excluding tert-OH is 1. The fourth-order valence-electron chi connectivity index (χ4n) is 2.18.